The van der Waals surface area contributed by atoms with Gasteiger partial charge < -0.3 is 24.8 Å². The van der Waals surface area contributed by atoms with E-state index < -0.39 is 0 Å². The van der Waals surface area contributed by atoms with Crippen molar-refractivity contribution in [3.8, 4) is 11.1 Å². The molecule has 0 atom stereocenters. The molecule has 0 heterocycles. The van der Waals surface area contributed by atoms with E-state index in [9.17, 15) is 0 Å². The summed E-state index contributed by atoms with van der Waals surface area (Å²) in [5.41, 5.74) is 8.67. The minimum absolute atomic E-state index is 0. The van der Waals surface area contributed by atoms with Crippen LogP contribution in [0.15, 0.2) is 36.4 Å². The van der Waals surface area contributed by atoms with Gasteiger partial charge in [0.05, 0.1) is 0 Å². The summed E-state index contributed by atoms with van der Waals surface area (Å²) in [5.74, 6) is 0. The van der Waals surface area contributed by atoms with Crippen LogP contribution in [0.2, 0.25) is 0 Å². The summed E-state index contributed by atoms with van der Waals surface area (Å²) in [5, 5.41) is 0. The van der Waals surface area contributed by atoms with Gasteiger partial charge in [0.25, 0.3) is 0 Å². The third kappa shape index (κ3) is 2.46. The Morgan fingerprint density at radius 1 is 0.778 bits per heavy atom. The van der Waals surface area contributed by atoms with Crippen molar-refractivity contribution >= 4 is 0 Å². The van der Waals surface area contributed by atoms with Crippen LogP contribution in [0.4, 0.5) is 0 Å². The number of hydrogen-bond donors (Lipinski definition) is 0. The van der Waals surface area contributed by atoms with E-state index in [4.69, 9.17) is 0 Å². The number of benzene rings is 2. The van der Waals surface area contributed by atoms with Crippen molar-refractivity contribution in [3.05, 3.63) is 58.7 Å². The monoisotopic (exact) mass is 353 g/mol. The quantitative estimate of drug-likeness (QED) is 0.509. The van der Waals surface area contributed by atoms with E-state index in [2.05, 4.69) is 50.2 Å². The van der Waals surface area contributed by atoms with Gasteiger partial charge >= 0.3 is 112 Å². The number of halogens is 2. The Kier molecular flexibility index (Phi) is 5.24. The fourth-order valence-corrected chi connectivity index (χ4v) is 3.72. The Bertz CT molecular complexity index is 527. The largest absolute Gasteiger partial charge is 1.00 e. The van der Waals surface area contributed by atoms with Crippen molar-refractivity contribution in [2.75, 3.05) is 0 Å². The maximum Gasteiger partial charge on any atom is -1.00 e. The Balaban J connectivity index is 0.000000810. The van der Waals surface area contributed by atoms with E-state index >= 15 is 0 Å². The summed E-state index contributed by atoms with van der Waals surface area (Å²) < 4.78 is 0.637. The molecule has 0 unspecified atom stereocenters. The van der Waals surface area contributed by atoms with Crippen LogP contribution in [0.25, 0.3) is 11.1 Å². The SMILES string of the molecule is Cc1ccc2c(c1)-c1cc(C)ccc1[CH]2[Zr+2].[Cl-].[Cl-]. The molecule has 0 bridgehead atoms. The van der Waals surface area contributed by atoms with Gasteiger partial charge in [-0.25, -0.2) is 0 Å². The van der Waals surface area contributed by atoms with Crippen LogP contribution < -0.4 is 24.8 Å². The van der Waals surface area contributed by atoms with Gasteiger partial charge in [-0.1, -0.05) is 0 Å². The summed E-state index contributed by atoms with van der Waals surface area (Å²) in [4.78, 5) is 0. The molecule has 0 N–H and O–H groups in total. The van der Waals surface area contributed by atoms with E-state index in [0.717, 1.165) is 0 Å². The molecule has 0 spiro atoms. The zero-order chi connectivity index (χ0) is 11.3. The van der Waals surface area contributed by atoms with Gasteiger partial charge in [-0.05, 0) is 0 Å². The standard InChI is InChI=1S/C15H13.2ClH.Zr/c1-10-3-5-12-9-13-6-4-11(2)8-15(13)14(12)7-10;;;/h3-9H,1-2H3;2*1H;/q;;;+2/p-2. The third-order valence-electron chi connectivity index (χ3n) is 3.33. The minimum Gasteiger partial charge on any atom is -1.00 e. The van der Waals surface area contributed by atoms with Crippen molar-refractivity contribution in [2.24, 2.45) is 0 Å². The minimum atomic E-state index is 0. The molecule has 0 fully saturated rings. The van der Waals surface area contributed by atoms with E-state index in [-0.39, 0.29) is 24.8 Å². The molecular formula is C15H13Cl2Zr. The average Bonchev–Trinajstić information content (AvgIpc) is 2.52. The van der Waals surface area contributed by atoms with Gasteiger partial charge in [0.2, 0.25) is 0 Å². The molecule has 3 heteroatoms. The molecule has 18 heavy (non-hydrogen) atoms. The second kappa shape index (κ2) is 5.91. The van der Waals surface area contributed by atoms with E-state index in [1.807, 2.05) is 0 Å². The first-order valence-electron chi connectivity index (χ1n) is 5.59. The summed E-state index contributed by atoms with van der Waals surface area (Å²) in [6.45, 7) is 4.35. The van der Waals surface area contributed by atoms with Gasteiger partial charge in [-0.2, -0.15) is 0 Å². The molecule has 2 aromatic rings. The molecule has 3 rings (SSSR count). The van der Waals surface area contributed by atoms with Gasteiger partial charge in [-0.15, -0.1) is 0 Å². The van der Waals surface area contributed by atoms with E-state index in [1.54, 1.807) is 24.7 Å². The molecule has 0 saturated carbocycles. The zero-order valence-corrected chi connectivity index (χ0v) is 14.3. The Labute approximate surface area is 136 Å². The zero-order valence-electron chi connectivity index (χ0n) is 10.3. The van der Waals surface area contributed by atoms with Crippen molar-refractivity contribution in [1.29, 1.82) is 0 Å². The van der Waals surface area contributed by atoms with Crippen molar-refractivity contribution < 1.29 is 49.5 Å². The first-order valence-corrected chi connectivity index (χ1v) is 7.01. The molecule has 0 aliphatic heterocycles. The van der Waals surface area contributed by atoms with Crippen molar-refractivity contribution in [3.63, 3.8) is 0 Å². The average molecular weight is 355 g/mol. The summed E-state index contributed by atoms with van der Waals surface area (Å²) >= 11 is 1.59. The molecule has 1 aliphatic carbocycles. The number of rotatable bonds is 0. The Hall–Kier alpha value is -0.0969. The molecule has 0 aromatic heterocycles. The van der Waals surface area contributed by atoms with Gasteiger partial charge in [0, 0.05) is 0 Å². The van der Waals surface area contributed by atoms with Crippen LogP contribution in [0.3, 0.4) is 0 Å². The molecule has 0 nitrogen and oxygen atoms in total. The number of hydrogen-bond acceptors (Lipinski definition) is 0. The molecule has 0 saturated heterocycles. The molecule has 2 aromatic carbocycles. The van der Waals surface area contributed by atoms with Gasteiger partial charge in [-0.3, -0.25) is 0 Å². The Morgan fingerprint density at radius 3 is 1.56 bits per heavy atom. The second-order valence-electron chi connectivity index (χ2n) is 4.61. The Morgan fingerprint density at radius 2 is 1.17 bits per heavy atom. The fraction of sp³-hybridized carbons (Fsp3) is 0.200. The number of fused-ring (bicyclic) bond motifs is 3. The van der Waals surface area contributed by atoms with Gasteiger partial charge in [0.15, 0.2) is 0 Å². The fourth-order valence-electron chi connectivity index (χ4n) is 2.48. The van der Waals surface area contributed by atoms with Crippen LogP contribution in [0.1, 0.15) is 25.9 Å². The normalized spacial score (nSPS) is 12.2. The molecule has 0 radical (unpaired) electrons. The molecule has 1 aliphatic rings. The summed E-state index contributed by atoms with van der Waals surface area (Å²) in [6, 6.07) is 13.7. The van der Waals surface area contributed by atoms with Crippen LogP contribution in [-0.2, 0) is 24.7 Å². The van der Waals surface area contributed by atoms with Crippen LogP contribution >= 0.6 is 0 Å². The predicted octanol–water partition coefficient (Wildman–Crippen LogP) is -2.07. The molecule has 0 amide bonds. The first-order chi connectivity index (χ1) is 7.66. The molecular weight excluding hydrogens is 342 g/mol. The van der Waals surface area contributed by atoms with E-state index in [1.165, 1.54) is 33.4 Å². The predicted molar refractivity (Wildman–Crippen MR) is 63.2 cm³/mol. The summed E-state index contributed by atoms with van der Waals surface area (Å²) in [7, 11) is 0. The van der Waals surface area contributed by atoms with E-state index in [0.29, 0.717) is 3.63 Å². The topological polar surface area (TPSA) is 0 Å². The smallest absolute Gasteiger partial charge is 1.00 e. The molecule has 91 valence electrons. The van der Waals surface area contributed by atoms with Crippen LogP contribution in [0, 0.1) is 13.8 Å². The van der Waals surface area contributed by atoms with Crippen molar-refractivity contribution in [1.82, 2.24) is 0 Å². The van der Waals surface area contributed by atoms with Gasteiger partial charge in [0.1, 0.15) is 0 Å². The number of aryl methyl sites for hydroxylation is 2. The second-order valence-corrected chi connectivity index (χ2v) is 6.03. The first kappa shape index (κ1) is 16.0. The maximum atomic E-state index is 2.33. The van der Waals surface area contributed by atoms with Crippen LogP contribution in [-0.4, -0.2) is 0 Å². The van der Waals surface area contributed by atoms with Crippen molar-refractivity contribution in [2.45, 2.75) is 17.5 Å². The summed E-state index contributed by atoms with van der Waals surface area (Å²) in [6.07, 6.45) is 0. The van der Waals surface area contributed by atoms with Crippen LogP contribution in [0.5, 0.6) is 0 Å². The maximum absolute atomic E-state index is 2.33. The third-order valence-corrected chi connectivity index (χ3v) is 4.86.